The number of benzene rings is 3. The van der Waals surface area contributed by atoms with Crippen molar-refractivity contribution in [3.63, 3.8) is 0 Å². The van der Waals surface area contributed by atoms with E-state index in [1.54, 1.807) is 0 Å². The average molecular weight is 428 g/mol. The van der Waals surface area contributed by atoms with Crippen LogP contribution in [0.1, 0.15) is 57.9 Å². The van der Waals surface area contributed by atoms with E-state index in [9.17, 15) is 4.79 Å². The van der Waals surface area contributed by atoms with Crippen molar-refractivity contribution >= 4 is 23.0 Å². The number of azo groups is 1. The lowest BCUT2D eigenvalue weighted by molar-refractivity contribution is -0.114. The minimum atomic E-state index is -0.0695. The second-order valence-electron chi connectivity index (χ2n) is 8.19. The van der Waals surface area contributed by atoms with Crippen LogP contribution >= 0.6 is 0 Å². The summed E-state index contributed by atoms with van der Waals surface area (Å²) in [6.07, 6.45) is 9.08. The highest BCUT2D eigenvalue weighted by Crippen LogP contribution is 2.25. The predicted molar refractivity (Wildman–Crippen MR) is 134 cm³/mol. The van der Waals surface area contributed by atoms with Gasteiger partial charge in [0, 0.05) is 12.6 Å². The number of carbonyl (C=O) groups is 1. The van der Waals surface area contributed by atoms with Crippen LogP contribution in [-0.4, -0.2) is 5.91 Å². The molecule has 0 radical (unpaired) electrons. The number of aryl methyl sites for hydroxylation is 1. The highest BCUT2D eigenvalue weighted by atomic mass is 16.1. The van der Waals surface area contributed by atoms with Crippen molar-refractivity contribution in [1.82, 2.24) is 0 Å². The first kappa shape index (κ1) is 23.4. The summed E-state index contributed by atoms with van der Waals surface area (Å²) >= 11 is 0. The molecule has 0 saturated carbocycles. The van der Waals surface area contributed by atoms with Crippen LogP contribution < -0.4 is 5.32 Å². The number of rotatable bonds is 11. The SMILES string of the molecule is CCCCCCCCc1ccc(N=Nc2ccc(-c3ccc(NC(C)=O)cc3)cc2)cc1. The van der Waals surface area contributed by atoms with Crippen LogP contribution in [0.2, 0.25) is 0 Å². The van der Waals surface area contributed by atoms with E-state index in [4.69, 9.17) is 0 Å². The summed E-state index contributed by atoms with van der Waals surface area (Å²) in [4.78, 5) is 11.1. The Morgan fingerprint density at radius 2 is 1.19 bits per heavy atom. The standard InChI is InChI=1S/C28H33N3O/c1-3-4-5-6-7-8-9-23-10-16-27(17-11-23)30-31-28-20-14-25(15-21-28)24-12-18-26(19-13-24)29-22(2)32/h10-21H,3-9H2,1-2H3,(H,29,32). The van der Waals surface area contributed by atoms with Gasteiger partial charge in [0.05, 0.1) is 11.4 Å². The van der Waals surface area contributed by atoms with E-state index in [1.807, 2.05) is 60.7 Å². The molecule has 166 valence electrons. The number of hydrogen-bond donors (Lipinski definition) is 1. The van der Waals surface area contributed by atoms with E-state index in [-0.39, 0.29) is 5.91 Å². The summed E-state index contributed by atoms with van der Waals surface area (Å²) in [5.41, 5.74) is 6.04. The van der Waals surface area contributed by atoms with E-state index in [0.717, 1.165) is 34.6 Å². The Balaban J connectivity index is 1.50. The average Bonchev–Trinajstić information content (AvgIpc) is 2.81. The zero-order valence-corrected chi connectivity index (χ0v) is 19.2. The predicted octanol–water partition coefficient (Wildman–Crippen LogP) is 8.63. The van der Waals surface area contributed by atoms with Crippen molar-refractivity contribution in [3.05, 3.63) is 78.4 Å². The Hall–Kier alpha value is -3.27. The van der Waals surface area contributed by atoms with Crippen molar-refractivity contribution in [2.45, 2.75) is 58.8 Å². The van der Waals surface area contributed by atoms with Crippen LogP contribution in [0.3, 0.4) is 0 Å². The van der Waals surface area contributed by atoms with Gasteiger partial charge in [-0.3, -0.25) is 4.79 Å². The van der Waals surface area contributed by atoms with Gasteiger partial charge < -0.3 is 5.32 Å². The van der Waals surface area contributed by atoms with Crippen molar-refractivity contribution in [3.8, 4) is 11.1 Å². The van der Waals surface area contributed by atoms with Crippen LogP contribution in [0, 0.1) is 0 Å². The molecule has 0 aliphatic carbocycles. The zero-order chi connectivity index (χ0) is 22.6. The molecule has 0 saturated heterocycles. The molecule has 0 fully saturated rings. The van der Waals surface area contributed by atoms with E-state index in [2.05, 4.69) is 34.6 Å². The first-order chi connectivity index (χ1) is 15.6. The fourth-order valence-electron chi connectivity index (χ4n) is 3.62. The summed E-state index contributed by atoms with van der Waals surface area (Å²) in [5.74, 6) is -0.0695. The largest absolute Gasteiger partial charge is 0.326 e. The zero-order valence-electron chi connectivity index (χ0n) is 19.2. The van der Waals surface area contributed by atoms with E-state index in [1.165, 1.54) is 51.0 Å². The summed E-state index contributed by atoms with van der Waals surface area (Å²) < 4.78 is 0. The van der Waals surface area contributed by atoms with Crippen molar-refractivity contribution in [2.24, 2.45) is 10.2 Å². The number of anilines is 1. The first-order valence-electron chi connectivity index (χ1n) is 11.6. The third kappa shape index (κ3) is 7.77. The lowest BCUT2D eigenvalue weighted by Crippen LogP contribution is -2.05. The topological polar surface area (TPSA) is 53.8 Å². The Morgan fingerprint density at radius 3 is 1.75 bits per heavy atom. The molecule has 0 unspecified atom stereocenters. The highest BCUT2D eigenvalue weighted by molar-refractivity contribution is 5.89. The summed E-state index contributed by atoms with van der Waals surface area (Å²) in [5, 5.41) is 11.5. The number of nitrogens with zero attached hydrogens (tertiary/aromatic N) is 2. The number of carbonyl (C=O) groups excluding carboxylic acids is 1. The molecule has 32 heavy (non-hydrogen) atoms. The third-order valence-corrected chi connectivity index (χ3v) is 5.44. The van der Waals surface area contributed by atoms with E-state index >= 15 is 0 Å². The molecule has 0 spiro atoms. The molecule has 0 atom stereocenters. The molecule has 0 aliphatic heterocycles. The lowest BCUT2D eigenvalue weighted by atomic mass is 10.0. The molecule has 1 N–H and O–H groups in total. The van der Waals surface area contributed by atoms with Gasteiger partial charge in [-0.2, -0.15) is 10.2 Å². The number of amides is 1. The Labute approximate surface area is 191 Å². The Bertz CT molecular complexity index is 990. The molecular weight excluding hydrogens is 394 g/mol. The highest BCUT2D eigenvalue weighted by Gasteiger charge is 2.00. The van der Waals surface area contributed by atoms with Crippen LogP contribution in [0.15, 0.2) is 83.0 Å². The second kappa shape index (κ2) is 12.6. The summed E-state index contributed by atoms with van der Waals surface area (Å²) in [6, 6.07) is 24.2. The quantitative estimate of drug-likeness (QED) is 0.242. The normalized spacial score (nSPS) is 11.1. The fourth-order valence-corrected chi connectivity index (χ4v) is 3.62. The maximum Gasteiger partial charge on any atom is 0.221 e. The molecule has 3 aromatic rings. The smallest absolute Gasteiger partial charge is 0.221 e. The molecule has 3 aromatic carbocycles. The maximum atomic E-state index is 11.1. The molecule has 4 heteroatoms. The van der Waals surface area contributed by atoms with Gasteiger partial charge in [0.2, 0.25) is 5.91 Å². The van der Waals surface area contributed by atoms with Crippen molar-refractivity contribution in [1.29, 1.82) is 0 Å². The van der Waals surface area contributed by atoms with E-state index in [0.29, 0.717) is 0 Å². The van der Waals surface area contributed by atoms with Crippen molar-refractivity contribution in [2.75, 3.05) is 5.32 Å². The van der Waals surface area contributed by atoms with Gasteiger partial charge in [-0.25, -0.2) is 0 Å². The number of hydrogen-bond acceptors (Lipinski definition) is 3. The molecule has 1 amide bonds. The Kier molecular flexibility index (Phi) is 9.18. The van der Waals surface area contributed by atoms with Gasteiger partial charge in [0.25, 0.3) is 0 Å². The summed E-state index contributed by atoms with van der Waals surface area (Å²) in [6.45, 7) is 3.76. The van der Waals surface area contributed by atoms with Gasteiger partial charge in [0.15, 0.2) is 0 Å². The third-order valence-electron chi connectivity index (χ3n) is 5.44. The van der Waals surface area contributed by atoms with Crippen LogP contribution in [-0.2, 0) is 11.2 Å². The van der Waals surface area contributed by atoms with Gasteiger partial charge >= 0.3 is 0 Å². The lowest BCUT2D eigenvalue weighted by Gasteiger charge is -2.05. The molecule has 0 bridgehead atoms. The molecule has 4 nitrogen and oxygen atoms in total. The molecule has 0 aliphatic rings. The van der Waals surface area contributed by atoms with Gasteiger partial charge in [0.1, 0.15) is 0 Å². The number of nitrogens with one attached hydrogen (secondary N) is 1. The minimum Gasteiger partial charge on any atom is -0.326 e. The van der Waals surface area contributed by atoms with Crippen molar-refractivity contribution < 1.29 is 4.79 Å². The van der Waals surface area contributed by atoms with Gasteiger partial charge in [-0.1, -0.05) is 75.4 Å². The van der Waals surface area contributed by atoms with Gasteiger partial charge in [-0.05, 0) is 65.9 Å². The van der Waals surface area contributed by atoms with E-state index < -0.39 is 0 Å². The van der Waals surface area contributed by atoms with Crippen LogP contribution in [0.25, 0.3) is 11.1 Å². The van der Waals surface area contributed by atoms with Gasteiger partial charge in [-0.15, -0.1) is 0 Å². The molecule has 0 aromatic heterocycles. The van der Waals surface area contributed by atoms with Crippen LogP contribution in [0.4, 0.5) is 17.1 Å². The molecular formula is C28H33N3O. The molecule has 0 heterocycles. The Morgan fingerprint density at radius 1 is 0.688 bits per heavy atom. The number of unbranched alkanes of at least 4 members (excludes halogenated alkanes) is 5. The fraction of sp³-hybridized carbons (Fsp3) is 0.321. The first-order valence-corrected chi connectivity index (χ1v) is 11.6. The second-order valence-corrected chi connectivity index (χ2v) is 8.19. The maximum absolute atomic E-state index is 11.1. The summed E-state index contributed by atoms with van der Waals surface area (Å²) in [7, 11) is 0. The minimum absolute atomic E-state index is 0.0695. The molecule has 3 rings (SSSR count). The monoisotopic (exact) mass is 427 g/mol. The van der Waals surface area contributed by atoms with Crippen LogP contribution in [0.5, 0.6) is 0 Å².